The number of nitrogens with zero attached hydrogens (tertiary/aromatic N) is 1. The molecule has 0 atom stereocenters. The SMILES string of the molecule is CSc1ccc(CCCC(=O)OCCc2ccncc2F)cc1. The van der Waals surface area contributed by atoms with E-state index >= 15 is 0 Å². The predicted molar refractivity (Wildman–Crippen MR) is 90.0 cm³/mol. The summed E-state index contributed by atoms with van der Waals surface area (Å²) in [5.41, 5.74) is 1.73. The fourth-order valence-electron chi connectivity index (χ4n) is 2.18. The zero-order chi connectivity index (χ0) is 16.5. The summed E-state index contributed by atoms with van der Waals surface area (Å²) in [6.45, 7) is 0.197. The van der Waals surface area contributed by atoms with Crippen LogP contribution in [0.25, 0.3) is 0 Å². The molecule has 0 saturated carbocycles. The Labute approximate surface area is 140 Å². The van der Waals surface area contributed by atoms with Gasteiger partial charge in [0.2, 0.25) is 0 Å². The summed E-state index contributed by atoms with van der Waals surface area (Å²) >= 11 is 1.71. The van der Waals surface area contributed by atoms with Gasteiger partial charge in [-0.1, -0.05) is 12.1 Å². The number of aromatic nitrogens is 1. The lowest BCUT2D eigenvalue weighted by Gasteiger charge is -2.06. The molecule has 0 N–H and O–H groups in total. The quantitative estimate of drug-likeness (QED) is 0.540. The Morgan fingerprint density at radius 1 is 1.22 bits per heavy atom. The zero-order valence-electron chi connectivity index (χ0n) is 13.1. The van der Waals surface area contributed by atoms with Crippen LogP contribution in [-0.2, 0) is 22.4 Å². The number of esters is 1. The number of ether oxygens (including phenoxy) is 1. The van der Waals surface area contributed by atoms with Crippen molar-refractivity contribution in [3.8, 4) is 0 Å². The molecule has 23 heavy (non-hydrogen) atoms. The monoisotopic (exact) mass is 333 g/mol. The van der Waals surface area contributed by atoms with E-state index in [0.29, 0.717) is 18.4 Å². The molecule has 0 bridgehead atoms. The molecule has 0 aliphatic rings. The fraction of sp³-hybridized carbons (Fsp3) is 0.333. The van der Waals surface area contributed by atoms with Crippen molar-refractivity contribution in [3.05, 3.63) is 59.7 Å². The molecule has 0 unspecified atom stereocenters. The Morgan fingerprint density at radius 3 is 2.70 bits per heavy atom. The van der Waals surface area contributed by atoms with Crippen LogP contribution in [0.15, 0.2) is 47.6 Å². The van der Waals surface area contributed by atoms with Gasteiger partial charge < -0.3 is 4.74 Å². The zero-order valence-corrected chi connectivity index (χ0v) is 13.9. The summed E-state index contributed by atoms with van der Waals surface area (Å²) < 4.78 is 18.5. The predicted octanol–water partition coefficient (Wildman–Crippen LogP) is 4.05. The lowest BCUT2D eigenvalue weighted by molar-refractivity contribution is -0.143. The van der Waals surface area contributed by atoms with E-state index in [9.17, 15) is 9.18 Å². The maximum Gasteiger partial charge on any atom is 0.305 e. The highest BCUT2D eigenvalue weighted by atomic mass is 32.2. The van der Waals surface area contributed by atoms with Crippen LogP contribution in [0.2, 0.25) is 0 Å². The molecule has 0 spiro atoms. The minimum absolute atomic E-state index is 0.197. The van der Waals surface area contributed by atoms with Crippen molar-refractivity contribution >= 4 is 17.7 Å². The van der Waals surface area contributed by atoms with E-state index in [0.717, 1.165) is 12.8 Å². The van der Waals surface area contributed by atoms with Gasteiger partial charge in [0.25, 0.3) is 0 Å². The Morgan fingerprint density at radius 2 is 2.00 bits per heavy atom. The van der Waals surface area contributed by atoms with Gasteiger partial charge in [0.15, 0.2) is 0 Å². The highest BCUT2D eigenvalue weighted by Crippen LogP contribution is 2.16. The molecule has 122 valence electrons. The molecule has 5 heteroatoms. The first-order valence-electron chi connectivity index (χ1n) is 7.56. The second-order valence-electron chi connectivity index (χ2n) is 5.14. The van der Waals surface area contributed by atoms with E-state index in [-0.39, 0.29) is 18.4 Å². The van der Waals surface area contributed by atoms with Crippen molar-refractivity contribution < 1.29 is 13.9 Å². The highest BCUT2D eigenvalue weighted by Gasteiger charge is 2.06. The van der Waals surface area contributed by atoms with E-state index in [1.54, 1.807) is 17.8 Å². The van der Waals surface area contributed by atoms with Crippen molar-refractivity contribution in [3.63, 3.8) is 0 Å². The molecule has 1 aromatic heterocycles. The molecular formula is C18H20FNO2S. The van der Waals surface area contributed by atoms with E-state index in [1.807, 2.05) is 6.26 Å². The van der Waals surface area contributed by atoms with Gasteiger partial charge in [0, 0.05) is 23.9 Å². The van der Waals surface area contributed by atoms with Gasteiger partial charge in [0.05, 0.1) is 12.8 Å². The van der Waals surface area contributed by atoms with Gasteiger partial charge in [-0.3, -0.25) is 9.78 Å². The number of thioether (sulfide) groups is 1. The minimum atomic E-state index is -0.364. The van der Waals surface area contributed by atoms with Crippen molar-refractivity contribution in [2.75, 3.05) is 12.9 Å². The largest absolute Gasteiger partial charge is 0.465 e. The van der Waals surface area contributed by atoms with Crippen molar-refractivity contribution in [1.29, 1.82) is 0 Å². The molecular weight excluding hydrogens is 313 g/mol. The van der Waals surface area contributed by atoms with Crippen LogP contribution in [0.4, 0.5) is 4.39 Å². The van der Waals surface area contributed by atoms with Gasteiger partial charge in [0.1, 0.15) is 5.82 Å². The molecule has 3 nitrogen and oxygen atoms in total. The number of halogens is 1. The lowest BCUT2D eigenvalue weighted by atomic mass is 10.1. The summed E-state index contributed by atoms with van der Waals surface area (Å²) in [7, 11) is 0. The first kappa shape index (κ1) is 17.5. The number of carbonyl (C=O) groups is 1. The van der Waals surface area contributed by atoms with Crippen LogP contribution in [-0.4, -0.2) is 23.8 Å². The summed E-state index contributed by atoms with van der Waals surface area (Å²) in [6, 6.07) is 9.94. The Balaban J connectivity index is 1.64. The maximum atomic E-state index is 13.4. The van der Waals surface area contributed by atoms with Crippen molar-refractivity contribution in [2.45, 2.75) is 30.6 Å². The van der Waals surface area contributed by atoms with E-state index in [4.69, 9.17) is 4.74 Å². The van der Waals surface area contributed by atoms with Gasteiger partial charge in [-0.2, -0.15) is 0 Å². The summed E-state index contributed by atoms with van der Waals surface area (Å²) in [6.07, 6.45) is 7.09. The lowest BCUT2D eigenvalue weighted by Crippen LogP contribution is -2.08. The summed E-state index contributed by atoms with van der Waals surface area (Å²) in [4.78, 5) is 16.6. The summed E-state index contributed by atoms with van der Waals surface area (Å²) in [5, 5.41) is 0. The number of aryl methyl sites for hydroxylation is 1. The van der Waals surface area contributed by atoms with Crippen LogP contribution in [0, 0.1) is 5.82 Å². The number of benzene rings is 1. The third-order valence-electron chi connectivity index (χ3n) is 3.50. The highest BCUT2D eigenvalue weighted by molar-refractivity contribution is 7.98. The first-order valence-corrected chi connectivity index (χ1v) is 8.78. The van der Waals surface area contributed by atoms with Crippen LogP contribution >= 0.6 is 11.8 Å². The molecule has 0 amide bonds. The third-order valence-corrected chi connectivity index (χ3v) is 4.24. The number of carbonyl (C=O) groups excluding carboxylic acids is 1. The molecule has 1 aromatic carbocycles. The average Bonchev–Trinajstić information content (AvgIpc) is 2.57. The van der Waals surface area contributed by atoms with E-state index in [1.165, 1.54) is 22.9 Å². The van der Waals surface area contributed by atoms with Gasteiger partial charge in [-0.25, -0.2) is 4.39 Å². The second kappa shape index (κ2) is 9.30. The molecule has 0 fully saturated rings. The van der Waals surface area contributed by atoms with E-state index in [2.05, 4.69) is 29.2 Å². The van der Waals surface area contributed by atoms with Crippen molar-refractivity contribution in [2.24, 2.45) is 0 Å². The topological polar surface area (TPSA) is 39.2 Å². The Bertz CT molecular complexity index is 631. The van der Waals surface area contributed by atoms with Gasteiger partial charge >= 0.3 is 5.97 Å². The second-order valence-corrected chi connectivity index (χ2v) is 6.02. The average molecular weight is 333 g/mol. The van der Waals surface area contributed by atoms with Crippen LogP contribution < -0.4 is 0 Å². The fourth-order valence-corrected chi connectivity index (χ4v) is 2.59. The van der Waals surface area contributed by atoms with Gasteiger partial charge in [-0.15, -0.1) is 11.8 Å². The smallest absolute Gasteiger partial charge is 0.305 e. The van der Waals surface area contributed by atoms with Crippen LogP contribution in [0.5, 0.6) is 0 Å². The number of hydrogen-bond acceptors (Lipinski definition) is 4. The number of rotatable bonds is 8. The first-order chi connectivity index (χ1) is 11.2. The molecule has 0 aliphatic carbocycles. The third kappa shape index (κ3) is 6.02. The number of hydrogen-bond donors (Lipinski definition) is 0. The number of pyridine rings is 1. The maximum absolute atomic E-state index is 13.4. The van der Waals surface area contributed by atoms with Gasteiger partial charge in [-0.05, 0) is 48.4 Å². The molecule has 0 aliphatic heterocycles. The molecule has 2 aromatic rings. The van der Waals surface area contributed by atoms with Crippen LogP contribution in [0.3, 0.4) is 0 Å². The minimum Gasteiger partial charge on any atom is -0.465 e. The molecule has 2 rings (SSSR count). The Kier molecular flexibility index (Phi) is 7.07. The standard InChI is InChI=1S/C18H20FNO2S/c1-23-16-7-5-14(6-8-16)3-2-4-18(21)22-12-10-15-9-11-20-13-17(15)19/h5-9,11,13H,2-4,10,12H2,1H3. The Hall–Kier alpha value is -1.88. The molecule has 0 saturated heterocycles. The van der Waals surface area contributed by atoms with Crippen LogP contribution in [0.1, 0.15) is 24.0 Å². The molecule has 1 heterocycles. The molecule has 0 radical (unpaired) electrons. The summed E-state index contributed by atoms with van der Waals surface area (Å²) in [5.74, 6) is -0.600. The van der Waals surface area contributed by atoms with Crippen molar-refractivity contribution in [1.82, 2.24) is 4.98 Å². The normalized spacial score (nSPS) is 10.5. The van der Waals surface area contributed by atoms with E-state index < -0.39 is 0 Å².